The Balaban J connectivity index is 1.07. The van der Waals surface area contributed by atoms with Crippen molar-refractivity contribution in [2.24, 2.45) is 4.99 Å². The van der Waals surface area contributed by atoms with Gasteiger partial charge in [-0.1, -0.05) is 140 Å². The lowest BCUT2D eigenvalue weighted by Gasteiger charge is -2.27. The molecule has 5 aromatic carbocycles. The van der Waals surface area contributed by atoms with E-state index < -0.39 is 0 Å². The molecule has 2 aliphatic heterocycles. The van der Waals surface area contributed by atoms with E-state index in [4.69, 9.17) is 29.9 Å². The molecule has 11 rings (SSSR count). The Hall–Kier alpha value is -8.36. The van der Waals surface area contributed by atoms with Gasteiger partial charge in [-0.2, -0.15) is 0 Å². The summed E-state index contributed by atoms with van der Waals surface area (Å²) in [6.45, 7) is 6.50. The van der Waals surface area contributed by atoms with Gasteiger partial charge in [-0.15, -0.1) is 0 Å². The first-order valence-electron chi connectivity index (χ1n) is 21.1. The van der Waals surface area contributed by atoms with Gasteiger partial charge in [-0.3, -0.25) is 4.57 Å². The Morgan fingerprint density at radius 2 is 1.21 bits per heavy atom. The summed E-state index contributed by atoms with van der Waals surface area (Å²) in [6, 6.07) is 53.7. The molecule has 6 heterocycles. The van der Waals surface area contributed by atoms with Crippen LogP contribution in [0.5, 0.6) is 0 Å². The molecular formula is C55H40N8. The van der Waals surface area contributed by atoms with Crippen molar-refractivity contribution in [1.29, 1.82) is 0 Å². The zero-order valence-electron chi connectivity index (χ0n) is 34.6. The van der Waals surface area contributed by atoms with E-state index in [1.165, 1.54) is 16.3 Å². The van der Waals surface area contributed by atoms with Gasteiger partial charge in [0.15, 0.2) is 11.6 Å². The number of pyridine rings is 1. The van der Waals surface area contributed by atoms with Crippen LogP contribution in [-0.2, 0) is 0 Å². The molecule has 0 radical (unpaired) electrons. The maximum atomic E-state index is 5.31. The molecule has 0 N–H and O–H groups in total. The maximum Gasteiger partial charge on any atom is 0.198 e. The second-order valence-electron chi connectivity index (χ2n) is 15.6. The van der Waals surface area contributed by atoms with Gasteiger partial charge in [0.2, 0.25) is 0 Å². The van der Waals surface area contributed by atoms with Crippen LogP contribution in [0.15, 0.2) is 200 Å². The van der Waals surface area contributed by atoms with Gasteiger partial charge in [0, 0.05) is 40.1 Å². The summed E-state index contributed by atoms with van der Waals surface area (Å²) < 4.78 is 2.24. The Bertz CT molecular complexity index is 3380. The number of para-hydroxylation sites is 2. The number of aromatic nitrogens is 6. The molecule has 0 saturated heterocycles. The quantitative estimate of drug-likeness (QED) is 0.166. The third-order valence-electron chi connectivity index (χ3n) is 11.6. The highest BCUT2D eigenvalue weighted by molar-refractivity contribution is 6.11. The van der Waals surface area contributed by atoms with E-state index in [-0.39, 0.29) is 0 Å². The molecule has 0 unspecified atom stereocenters. The van der Waals surface area contributed by atoms with Crippen molar-refractivity contribution in [2.45, 2.75) is 19.8 Å². The number of nitrogens with zero attached hydrogens (tertiary/aromatic N) is 8. The number of fused-ring (bicyclic) bond motifs is 4. The number of anilines is 1. The number of amidine groups is 1. The number of aliphatic imine (C=N–C) groups is 1. The minimum atomic E-state index is 0.386. The lowest BCUT2D eigenvalue weighted by atomic mass is 10.0. The summed E-state index contributed by atoms with van der Waals surface area (Å²) in [6.07, 6.45) is 11.8. The van der Waals surface area contributed by atoms with E-state index in [1.807, 2.05) is 85.0 Å². The van der Waals surface area contributed by atoms with Crippen LogP contribution in [0.4, 0.5) is 5.69 Å². The van der Waals surface area contributed by atoms with Crippen LogP contribution in [0.25, 0.3) is 84.4 Å². The molecule has 0 amide bonds. The molecule has 300 valence electrons. The van der Waals surface area contributed by atoms with Crippen molar-refractivity contribution in [2.75, 3.05) is 4.90 Å². The standard InChI is InChI=1S/C55H40N8/c1-36-18-13-14-33-62(48-28-11-9-24-40(36)48)51-31-16-26-42(56-51)46-34-44(38-20-5-3-6-21-38)58-54(60-46)55-59-45(39-22-7-4-8-23-39)35-47(61-55)43-27-17-32-52(57-43)63-49-29-12-10-25-41(49)53-37(2)19-15-30-50(53)63/h3-15,17-30,32-35H,1,16,31H2,2H3/b18-13-,33-14?. The maximum absolute atomic E-state index is 5.31. The molecule has 8 nitrogen and oxygen atoms in total. The van der Waals surface area contributed by atoms with Gasteiger partial charge in [0.25, 0.3) is 0 Å². The first kappa shape index (κ1) is 37.6. The molecule has 0 bridgehead atoms. The molecule has 0 spiro atoms. The zero-order valence-corrected chi connectivity index (χ0v) is 34.6. The van der Waals surface area contributed by atoms with Crippen LogP contribution in [0.3, 0.4) is 0 Å². The van der Waals surface area contributed by atoms with Crippen LogP contribution in [0.1, 0.15) is 29.7 Å². The second-order valence-corrected chi connectivity index (χ2v) is 15.6. The first-order chi connectivity index (χ1) is 31.1. The molecule has 0 fully saturated rings. The molecule has 8 heteroatoms. The van der Waals surface area contributed by atoms with Crippen molar-refractivity contribution in [3.8, 4) is 51.4 Å². The average molecular weight is 813 g/mol. The molecule has 63 heavy (non-hydrogen) atoms. The predicted molar refractivity (Wildman–Crippen MR) is 257 cm³/mol. The normalized spacial score (nSPS) is 14.2. The van der Waals surface area contributed by atoms with Gasteiger partial charge < -0.3 is 4.90 Å². The van der Waals surface area contributed by atoms with Gasteiger partial charge in [0.05, 0.1) is 50.9 Å². The second kappa shape index (κ2) is 15.9. The first-order valence-corrected chi connectivity index (χ1v) is 21.1. The smallest absolute Gasteiger partial charge is 0.198 e. The monoisotopic (exact) mass is 812 g/mol. The average Bonchev–Trinajstić information content (AvgIpc) is 3.69. The van der Waals surface area contributed by atoms with Gasteiger partial charge in [-0.05, 0) is 73.0 Å². The largest absolute Gasteiger partial charge is 0.305 e. The molecule has 2 aliphatic rings. The van der Waals surface area contributed by atoms with E-state index >= 15 is 0 Å². The minimum Gasteiger partial charge on any atom is -0.305 e. The van der Waals surface area contributed by atoms with E-state index in [0.29, 0.717) is 28.7 Å². The highest BCUT2D eigenvalue weighted by Gasteiger charge is 2.23. The van der Waals surface area contributed by atoms with Crippen molar-refractivity contribution < 1.29 is 0 Å². The van der Waals surface area contributed by atoms with E-state index in [0.717, 1.165) is 80.6 Å². The summed E-state index contributed by atoms with van der Waals surface area (Å²) in [5, 5.41) is 2.41. The molecule has 0 aliphatic carbocycles. The fraction of sp³-hybridized carbons (Fsp3) is 0.0545. The number of aryl methyl sites for hydroxylation is 1. The minimum absolute atomic E-state index is 0.386. The van der Waals surface area contributed by atoms with Gasteiger partial charge in [0.1, 0.15) is 11.7 Å². The van der Waals surface area contributed by atoms with Crippen molar-refractivity contribution >= 4 is 44.6 Å². The van der Waals surface area contributed by atoms with Crippen LogP contribution in [-0.4, -0.2) is 35.3 Å². The zero-order chi connectivity index (χ0) is 42.3. The van der Waals surface area contributed by atoms with E-state index in [2.05, 4.69) is 126 Å². The molecule has 0 saturated carbocycles. The molecular weight excluding hydrogens is 773 g/mol. The van der Waals surface area contributed by atoms with Crippen LogP contribution in [0.2, 0.25) is 0 Å². The fourth-order valence-corrected chi connectivity index (χ4v) is 8.58. The lowest BCUT2D eigenvalue weighted by molar-refractivity contribution is 1.02. The Morgan fingerprint density at radius 1 is 0.556 bits per heavy atom. The van der Waals surface area contributed by atoms with Crippen LogP contribution < -0.4 is 4.90 Å². The Morgan fingerprint density at radius 3 is 2.00 bits per heavy atom. The number of benzene rings is 5. The van der Waals surface area contributed by atoms with Crippen molar-refractivity contribution in [1.82, 2.24) is 29.5 Å². The molecule has 9 aromatic rings. The highest BCUT2D eigenvalue weighted by Crippen LogP contribution is 2.36. The summed E-state index contributed by atoms with van der Waals surface area (Å²) >= 11 is 0. The SMILES string of the molecule is C=C1/C=C\C=CN(C2=NC(c3cc(-c4ccccc4)nc(-c4nc(-c5ccccc5)cc(-c5cccc(-n6c7ccccc7c7c(C)cccc76)n5)n4)n3)=CCC2)c2ccccc21. The number of allylic oxidation sites excluding steroid dienone is 5. The topological polar surface area (TPSA) is 85.0 Å². The van der Waals surface area contributed by atoms with Crippen LogP contribution >= 0.6 is 0 Å². The molecule has 4 aromatic heterocycles. The third kappa shape index (κ3) is 7.03. The van der Waals surface area contributed by atoms with E-state index in [9.17, 15) is 0 Å². The van der Waals surface area contributed by atoms with Crippen molar-refractivity contribution in [3.05, 3.63) is 212 Å². The van der Waals surface area contributed by atoms with E-state index in [1.54, 1.807) is 0 Å². The highest BCUT2D eigenvalue weighted by atomic mass is 15.2. The molecule has 0 atom stereocenters. The summed E-state index contributed by atoms with van der Waals surface area (Å²) in [7, 11) is 0. The van der Waals surface area contributed by atoms with Gasteiger partial charge in [-0.25, -0.2) is 29.9 Å². The van der Waals surface area contributed by atoms with Gasteiger partial charge >= 0.3 is 0 Å². The van der Waals surface area contributed by atoms with Crippen LogP contribution in [0, 0.1) is 6.92 Å². The predicted octanol–water partition coefficient (Wildman–Crippen LogP) is 12.9. The lowest BCUT2D eigenvalue weighted by Crippen LogP contribution is -2.27. The third-order valence-corrected chi connectivity index (χ3v) is 11.6. The summed E-state index contributed by atoms with van der Waals surface area (Å²) in [4.78, 5) is 33.6. The Kier molecular flexibility index (Phi) is 9.50. The summed E-state index contributed by atoms with van der Waals surface area (Å²) in [5.74, 6) is 2.48. The number of rotatable bonds is 6. The summed E-state index contributed by atoms with van der Waals surface area (Å²) in [5.41, 5.74) is 12.6. The fourth-order valence-electron chi connectivity index (χ4n) is 8.58. The number of hydrogen-bond acceptors (Lipinski definition) is 7. The Labute approximate surface area is 365 Å². The van der Waals surface area contributed by atoms with Crippen molar-refractivity contribution in [3.63, 3.8) is 0 Å². The number of hydrogen-bond donors (Lipinski definition) is 0.